The van der Waals surface area contributed by atoms with Crippen molar-refractivity contribution in [3.8, 4) is 0 Å². The van der Waals surface area contributed by atoms with Gasteiger partial charge in [-0.2, -0.15) is 0 Å². The number of nitrogens with zero attached hydrogens (tertiary/aromatic N) is 2. The van der Waals surface area contributed by atoms with Gasteiger partial charge in [0, 0.05) is 19.6 Å². The third-order valence-corrected chi connectivity index (χ3v) is 2.83. The standard InChI is InChI=1S/C12H29N3/c1-5-7-15(9-8-14(3)4)11-12(6-2)10-13/h12H,5-11,13H2,1-4H3. The Kier molecular flexibility index (Phi) is 9.06. The van der Waals surface area contributed by atoms with Crippen LogP contribution in [0.5, 0.6) is 0 Å². The number of rotatable bonds is 9. The molecule has 0 aliphatic heterocycles. The van der Waals surface area contributed by atoms with Crippen molar-refractivity contribution in [3.63, 3.8) is 0 Å². The molecule has 1 atom stereocenters. The van der Waals surface area contributed by atoms with Gasteiger partial charge in [0.1, 0.15) is 0 Å². The molecule has 0 heterocycles. The lowest BCUT2D eigenvalue weighted by molar-refractivity contribution is 0.208. The van der Waals surface area contributed by atoms with Crippen LogP contribution in [0.2, 0.25) is 0 Å². The van der Waals surface area contributed by atoms with Crippen LogP contribution in [-0.2, 0) is 0 Å². The summed E-state index contributed by atoms with van der Waals surface area (Å²) in [5, 5.41) is 0. The van der Waals surface area contributed by atoms with Gasteiger partial charge >= 0.3 is 0 Å². The first-order chi connectivity index (χ1) is 7.13. The lowest BCUT2D eigenvalue weighted by Crippen LogP contribution is -2.37. The molecule has 0 saturated carbocycles. The van der Waals surface area contributed by atoms with Gasteiger partial charge in [-0.05, 0) is 39.5 Å². The zero-order valence-corrected chi connectivity index (χ0v) is 11.0. The van der Waals surface area contributed by atoms with E-state index in [4.69, 9.17) is 5.73 Å². The summed E-state index contributed by atoms with van der Waals surface area (Å²) in [7, 11) is 4.26. The molecule has 0 amide bonds. The van der Waals surface area contributed by atoms with E-state index in [1.54, 1.807) is 0 Å². The number of likely N-dealkylation sites (N-methyl/N-ethyl adjacent to an activating group) is 1. The smallest absolute Gasteiger partial charge is 0.0109 e. The van der Waals surface area contributed by atoms with Crippen molar-refractivity contribution in [2.75, 3.05) is 46.8 Å². The van der Waals surface area contributed by atoms with Crippen LogP contribution in [-0.4, -0.2) is 56.6 Å². The van der Waals surface area contributed by atoms with Crippen molar-refractivity contribution in [3.05, 3.63) is 0 Å². The van der Waals surface area contributed by atoms with E-state index in [-0.39, 0.29) is 0 Å². The Morgan fingerprint density at radius 3 is 2.13 bits per heavy atom. The zero-order valence-electron chi connectivity index (χ0n) is 11.0. The van der Waals surface area contributed by atoms with Crippen molar-refractivity contribution in [2.24, 2.45) is 11.7 Å². The number of nitrogens with two attached hydrogens (primary N) is 1. The van der Waals surface area contributed by atoms with E-state index in [2.05, 4.69) is 37.7 Å². The van der Waals surface area contributed by atoms with Crippen molar-refractivity contribution in [1.82, 2.24) is 9.80 Å². The summed E-state index contributed by atoms with van der Waals surface area (Å²) in [4.78, 5) is 4.78. The lowest BCUT2D eigenvalue weighted by atomic mass is 10.1. The first-order valence-electron chi connectivity index (χ1n) is 6.21. The second-order valence-corrected chi connectivity index (χ2v) is 4.61. The molecule has 0 spiro atoms. The zero-order chi connectivity index (χ0) is 11.7. The molecule has 0 saturated heterocycles. The quantitative estimate of drug-likeness (QED) is 0.628. The molecule has 0 aliphatic carbocycles. The molecule has 1 unspecified atom stereocenters. The fourth-order valence-electron chi connectivity index (χ4n) is 1.69. The van der Waals surface area contributed by atoms with Crippen LogP contribution >= 0.6 is 0 Å². The topological polar surface area (TPSA) is 32.5 Å². The Hall–Kier alpha value is -0.120. The highest BCUT2D eigenvalue weighted by Crippen LogP contribution is 2.04. The minimum Gasteiger partial charge on any atom is -0.330 e. The molecule has 0 aromatic carbocycles. The molecule has 2 N–H and O–H groups in total. The van der Waals surface area contributed by atoms with E-state index in [1.807, 2.05) is 0 Å². The van der Waals surface area contributed by atoms with Crippen molar-refractivity contribution >= 4 is 0 Å². The molecule has 15 heavy (non-hydrogen) atoms. The highest BCUT2D eigenvalue weighted by molar-refractivity contribution is 4.66. The summed E-state index contributed by atoms with van der Waals surface area (Å²) in [6, 6.07) is 0. The first-order valence-corrected chi connectivity index (χ1v) is 6.21. The van der Waals surface area contributed by atoms with Gasteiger partial charge in [-0.3, -0.25) is 0 Å². The first kappa shape index (κ1) is 14.9. The third-order valence-electron chi connectivity index (χ3n) is 2.83. The maximum Gasteiger partial charge on any atom is 0.0109 e. The van der Waals surface area contributed by atoms with E-state index in [0.29, 0.717) is 5.92 Å². The number of hydrogen-bond acceptors (Lipinski definition) is 3. The summed E-state index contributed by atoms with van der Waals surface area (Å²) in [5.74, 6) is 0.665. The summed E-state index contributed by atoms with van der Waals surface area (Å²) in [5.41, 5.74) is 5.75. The Labute approximate surface area is 95.6 Å². The number of hydrogen-bond donors (Lipinski definition) is 1. The van der Waals surface area contributed by atoms with Gasteiger partial charge in [0.05, 0.1) is 0 Å². The Balaban J connectivity index is 3.90. The Morgan fingerprint density at radius 1 is 1.07 bits per heavy atom. The van der Waals surface area contributed by atoms with Crippen LogP contribution < -0.4 is 5.73 Å². The molecule has 92 valence electrons. The third kappa shape index (κ3) is 7.77. The normalized spacial score (nSPS) is 13.8. The molecule has 3 nitrogen and oxygen atoms in total. The van der Waals surface area contributed by atoms with Gasteiger partial charge in [-0.15, -0.1) is 0 Å². The fourth-order valence-corrected chi connectivity index (χ4v) is 1.69. The second-order valence-electron chi connectivity index (χ2n) is 4.61. The minimum absolute atomic E-state index is 0.665. The van der Waals surface area contributed by atoms with Gasteiger partial charge in [-0.25, -0.2) is 0 Å². The van der Waals surface area contributed by atoms with Gasteiger partial charge in [0.15, 0.2) is 0 Å². The van der Waals surface area contributed by atoms with Crippen LogP contribution in [0.4, 0.5) is 0 Å². The minimum atomic E-state index is 0.665. The van der Waals surface area contributed by atoms with E-state index in [9.17, 15) is 0 Å². The predicted molar refractivity (Wildman–Crippen MR) is 68.1 cm³/mol. The molecule has 0 rings (SSSR count). The van der Waals surface area contributed by atoms with Gasteiger partial charge in [-0.1, -0.05) is 20.3 Å². The summed E-state index contributed by atoms with van der Waals surface area (Å²) < 4.78 is 0. The molecule has 0 fully saturated rings. The lowest BCUT2D eigenvalue weighted by Gasteiger charge is -2.27. The molecular formula is C12H29N3. The van der Waals surface area contributed by atoms with Gasteiger partial charge in [0.25, 0.3) is 0 Å². The van der Waals surface area contributed by atoms with E-state index in [0.717, 1.165) is 26.2 Å². The molecule has 0 aromatic heterocycles. The fraction of sp³-hybridized carbons (Fsp3) is 1.00. The molecule has 0 bridgehead atoms. The van der Waals surface area contributed by atoms with Crippen LogP contribution in [0.15, 0.2) is 0 Å². The maximum absolute atomic E-state index is 5.75. The molecule has 0 aromatic rings. The summed E-state index contributed by atoms with van der Waals surface area (Å²) in [6.45, 7) is 9.95. The molecular weight excluding hydrogens is 186 g/mol. The van der Waals surface area contributed by atoms with Crippen LogP contribution in [0.3, 0.4) is 0 Å². The SMILES string of the molecule is CCCN(CCN(C)C)CC(CC)CN. The van der Waals surface area contributed by atoms with Crippen molar-refractivity contribution < 1.29 is 0 Å². The average Bonchev–Trinajstić information content (AvgIpc) is 2.22. The van der Waals surface area contributed by atoms with E-state index >= 15 is 0 Å². The summed E-state index contributed by atoms with van der Waals surface area (Å²) >= 11 is 0. The molecule has 3 heteroatoms. The summed E-state index contributed by atoms with van der Waals surface area (Å²) in [6.07, 6.45) is 2.42. The maximum atomic E-state index is 5.75. The largest absolute Gasteiger partial charge is 0.330 e. The Bertz CT molecular complexity index is 133. The monoisotopic (exact) mass is 215 g/mol. The highest BCUT2D eigenvalue weighted by Gasteiger charge is 2.10. The van der Waals surface area contributed by atoms with E-state index < -0.39 is 0 Å². The van der Waals surface area contributed by atoms with Crippen LogP contribution in [0, 0.1) is 5.92 Å². The predicted octanol–water partition coefficient (Wildman–Crippen LogP) is 1.24. The van der Waals surface area contributed by atoms with Crippen molar-refractivity contribution in [1.29, 1.82) is 0 Å². The van der Waals surface area contributed by atoms with Crippen LogP contribution in [0.1, 0.15) is 26.7 Å². The van der Waals surface area contributed by atoms with Gasteiger partial charge in [0.2, 0.25) is 0 Å². The van der Waals surface area contributed by atoms with Crippen molar-refractivity contribution in [2.45, 2.75) is 26.7 Å². The van der Waals surface area contributed by atoms with E-state index in [1.165, 1.54) is 19.4 Å². The highest BCUT2D eigenvalue weighted by atomic mass is 15.2. The molecule has 0 aliphatic rings. The average molecular weight is 215 g/mol. The molecule has 0 radical (unpaired) electrons. The van der Waals surface area contributed by atoms with Gasteiger partial charge < -0.3 is 15.5 Å². The second kappa shape index (κ2) is 9.13. The Morgan fingerprint density at radius 2 is 1.73 bits per heavy atom. The van der Waals surface area contributed by atoms with Crippen LogP contribution in [0.25, 0.3) is 0 Å².